The Labute approximate surface area is 110 Å². The van der Waals surface area contributed by atoms with Gasteiger partial charge in [0.2, 0.25) is 0 Å². The van der Waals surface area contributed by atoms with E-state index in [1.165, 1.54) is 13.2 Å². The predicted octanol–water partition coefficient (Wildman–Crippen LogP) is 2.34. The van der Waals surface area contributed by atoms with Gasteiger partial charge in [0.15, 0.2) is 0 Å². The second-order valence-electron chi connectivity index (χ2n) is 3.80. The molecule has 2 aromatic carbocycles. The number of rotatable bonds is 3. The number of ether oxygens (including phenoxy) is 2. The number of hydrogen-bond donors (Lipinski definition) is 1. The molecule has 0 saturated heterocycles. The number of phenolic OH excluding ortho intramolecular Hbond substituents is 1. The highest BCUT2D eigenvalue weighted by molar-refractivity contribution is 6.03. The van der Waals surface area contributed by atoms with Crippen LogP contribution < -0.4 is 4.74 Å². The lowest BCUT2D eigenvalue weighted by Gasteiger charge is -2.11. The van der Waals surface area contributed by atoms with Gasteiger partial charge in [-0.15, -0.1) is 6.42 Å². The van der Waals surface area contributed by atoms with Gasteiger partial charge in [0.25, 0.3) is 0 Å². The fourth-order valence-corrected chi connectivity index (χ4v) is 1.83. The molecule has 0 heterocycles. The molecule has 0 saturated carbocycles. The van der Waals surface area contributed by atoms with Crippen molar-refractivity contribution < 1.29 is 19.4 Å². The zero-order valence-corrected chi connectivity index (χ0v) is 10.3. The van der Waals surface area contributed by atoms with Crippen LogP contribution in [0.3, 0.4) is 0 Å². The maximum atomic E-state index is 11.6. The number of aromatic hydroxyl groups is 1. The third-order valence-corrected chi connectivity index (χ3v) is 2.69. The molecule has 2 aromatic rings. The second kappa shape index (κ2) is 5.32. The molecular formula is C15H12O4. The van der Waals surface area contributed by atoms with E-state index < -0.39 is 5.97 Å². The van der Waals surface area contributed by atoms with Gasteiger partial charge >= 0.3 is 5.97 Å². The van der Waals surface area contributed by atoms with Crippen LogP contribution in [0.1, 0.15) is 10.4 Å². The fraction of sp³-hybridized carbons (Fsp3) is 0.133. The van der Waals surface area contributed by atoms with E-state index in [9.17, 15) is 9.90 Å². The molecule has 0 aliphatic heterocycles. The summed E-state index contributed by atoms with van der Waals surface area (Å²) < 4.78 is 10.0. The average Bonchev–Trinajstić information content (AvgIpc) is 2.46. The molecule has 0 spiro atoms. The van der Waals surface area contributed by atoms with E-state index in [2.05, 4.69) is 10.7 Å². The van der Waals surface area contributed by atoms with Gasteiger partial charge in [-0.3, -0.25) is 0 Å². The minimum atomic E-state index is -0.631. The van der Waals surface area contributed by atoms with Crippen molar-refractivity contribution in [3.8, 4) is 23.8 Å². The molecule has 0 bridgehead atoms. The molecular weight excluding hydrogens is 244 g/mol. The van der Waals surface area contributed by atoms with Gasteiger partial charge in [0.1, 0.15) is 23.7 Å². The van der Waals surface area contributed by atoms with Crippen molar-refractivity contribution in [2.45, 2.75) is 0 Å². The molecule has 2 rings (SSSR count). The van der Waals surface area contributed by atoms with E-state index in [1.807, 2.05) is 6.07 Å². The topological polar surface area (TPSA) is 55.8 Å². The highest BCUT2D eigenvalue weighted by Gasteiger charge is 2.17. The van der Waals surface area contributed by atoms with Crippen LogP contribution in [0.5, 0.6) is 11.5 Å². The van der Waals surface area contributed by atoms with E-state index in [1.54, 1.807) is 18.2 Å². The smallest absolute Gasteiger partial charge is 0.341 e. The second-order valence-corrected chi connectivity index (χ2v) is 3.80. The Morgan fingerprint density at radius 1 is 1.37 bits per heavy atom. The van der Waals surface area contributed by atoms with Gasteiger partial charge < -0.3 is 14.6 Å². The fourth-order valence-electron chi connectivity index (χ4n) is 1.83. The zero-order chi connectivity index (χ0) is 13.8. The van der Waals surface area contributed by atoms with Crippen LogP contribution in [0.2, 0.25) is 0 Å². The van der Waals surface area contributed by atoms with Crippen molar-refractivity contribution in [2.24, 2.45) is 0 Å². The first-order chi connectivity index (χ1) is 9.19. The Kier molecular flexibility index (Phi) is 3.58. The maximum absolute atomic E-state index is 11.6. The normalized spacial score (nSPS) is 9.89. The first-order valence-electron chi connectivity index (χ1n) is 5.58. The highest BCUT2D eigenvalue weighted by atomic mass is 16.5. The van der Waals surface area contributed by atoms with E-state index in [4.69, 9.17) is 11.2 Å². The van der Waals surface area contributed by atoms with Crippen molar-refractivity contribution in [1.82, 2.24) is 0 Å². The third-order valence-electron chi connectivity index (χ3n) is 2.69. The quantitative estimate of drug-likeness (QED) is 0.676. The van der Waals surface area contributed by atoms with Gasteiger partial charge in [-0.2, -0.15) is 0 Å². The Balaban J connectivity index is 2.69. The molecule has 0 aliphatic rings. The predicted molar refractivity (Wildman–Crippen MR) is 71.3 cm³/mol. The lowest BCUT2D eigenvalue weighted by atomic mass is 10.0. The maximum Gasteiger partial charge on any atom is 0.341 e. The molecule has 0 unspecified atom stereocenters. The molecule has 96 valence electrons. The van der Waals surface area contributed by atoms with Crippen LogP contribution >= 0.6 is 0 Å². The van der Waals surface area contributed by atoms with Gasteiger partial charge in [-0.1, -0.05) is 30.2 Å². The highest BCUT2D eigenvalue weighted by Crippen LogP contribution is 2.36. The summed E-state index contributed by atoms with van der Waals surface area (Å²) >= 11 is 0. The van der Waals surface area contributed by atoms with Crippen LogP contribution in [-0.4, -0.2) is 24.8 Å². The van der Waals surface area contributed by atoms with Gasteiger partial charge in [-0.25, -0.2) is 4.79 Å². The number of terminal acetylenes is 1. The lowest BCUT2D eigenvalue weighted by molar-refractivity contribution is 0.0597. The van der Waals surface area contributed by atoms with Crippen LogP contribution in [0.15, 0.2) is 30.3 Å². The van der Waals surface area contributed by atoms with Crippen LogP contribution in [0.25, 0.3) is 10.8 Å². The SMILES string of the molecule is C#CCOc1cc(C(=O)OC)c(O)c2ccccc12. The first kappa shape index (κ1) is 12.8. The van der Waals surface area contributed by atoms with Crippen molar-refractivity contribution in [2.75, 3.05) is 13.7 Å². The number of hydrogen-bond acceptors (Lipinski definition) is 4. The summed E-state index contributed by atoms with van der Waals surface area (Å²) in [6, 6.07) is 8.47. The van der Waals surface area contributed by atoms with Gasteiger partial charge in [-0.05, 0) is 6.07 Å². The van der Waals surface area contributed by atoms with Gasteiger partial charge in [0.05, 0.1) is 7.11 Å². The Hall–Kier alpha value is -2.67. The monoisotopic (exact) mass is 256 g/mol. The van der Waals surface area contributed by atoms with Crippen LogP contribution in [0.4, 0.5) is 0 Å². The molecule has 0 atom stereocenters. The number of carbonyl (C=O) groups is 1. The Morgan fingerprint density at radius 2 is 2.05 bits per heavy atom. The Bertz CT molecular complexity index is 668. The summed E-state index contributed by atoms with van der Waals surface area (Å²) in [7, 11) is 1.25. The van der Waals surface area contributed by atoms with E-state index >= 15 is 0 Å². The summed E-state index contributed by atoms with van der Waals surface area (Å²) in [6.45, 7) is 0.0788. The summed E-state index contributed by atoms with van der Waals surface area (Å²) in [4.78, 5) is 11.6. The van der Waals surface area contributed by atoms with Crippen LogP contribution in [-0.2, 0) is 4.74 Å². The molecule has 4 heteroatoms. The van der Waals surface area contributed by atoms with E-state index in [-0.39, 0.29) is 17.9 Å². The number of carbonyl (C=O) groups excluding carboxylic acids is 1. The molecule has 0 amide bonds. The van der Waals surface area contributed by atoms with E-state index in [0.717, 1.165) is 0 Å². The average molecular weight is 256 g/mol. The lowest BCUT2D eigenvalue weighted by Crippen LogP contribution is -2.04. The first-order valence-corrected chi connectivity index (χ1v) is 5.58. The van der Waals surface area contributed by atoms with E-state index in [0.29, 0.717) is 16.5 Å². The molecule has 19 heavy (non-hydrogen) atoms. The standard InChI is InChI=1S/C15H12O4/c1-3-8-19-13-9-12(15(17)18-2)14(16)11-7-5-4-6-10(11)13/h1,4-7,9,16H,8H2,2H3. The summed E-state index contributed by atoms with van der Waals surface area (Å²) in [6.07, 6.45) is 5.16. The zero-order valence-electron chi connectivity index (χ0n) is 10.3. The largest absolute Gasteiger partial charge is 0.506 e. The molecule has 0 aliphatic carbocycles. The number of benzene rings is 2. The third kappa shape index (κ3) is 2.31. The molecule has 0 fully saturated rings. The van der Waals surface area contributed by atoms with Crippen molar-refractivity contribution in [1.29, 1.82) is 0 Å². The molecule has 0 radical (unpaired) electrons. The summed E-state index contributed by atoms with van der Waals surface area (Å²) in [5.41, 5.74) is 0.0493. The molecule has 4 nitrogen and oxygen atoms in total. The van der Waals surface area contributed by atoms with Crippen LogP contribution in [0, 0.1) is 12.3 Å². The number of methoxy groups -OCH3 is 1. The minimum Gasteiger partial charge on any atom is -0.506 e. The summed E-state index contributed by atoms with van der Waals surface area (Å²) in [5, 5.41) is 11.3. The number of phenols is 1. The van der Waals surface area contributed by atoms with Crippen molar-refractivity contribution >= 4 is 16.7 Å². The van der Waals surface area contributed by atoms with Crippen molar-refractivity contribution in [3.05, 3.63) is 35.9 Å². The van der Waals surface area contributed by atoms with Crippen molar-refractivity contribution in [3.63, 3.8) is 0 Å². The molecule has 0 aromatic heterocycles. The minimum absolute atomic E-state index is 0.0493. The Morgan fingerprint density at radius 3 is 2.68 bits per heavy atom. The van der Waals surface area contributed by atoms with Gasteiger partial charge in [0, 0.05) is 10.8 Å². The number of fused-ring (bicyclic) bond motifs is 1. The number of esters is 1. The molecule has 1 N–H and O–H groups in total. The summed E-state index contributed by atoms with van der Waals surface area (Å²) in [5.74, 6) is 2.03.